The number of amides is 1. The quantitative estimate of drug-likeness (QED) is 0.849. The summed E-state index contributed by atoms with van der Waals surface area (Å²) in [5.74, 6) is 0.227. The van der Waals surface area contributed by atoms with Crippen molar-refractivity contribution in [3.63, 3.8) is 0 Å². The highest BCUT2D eigenvalue weighted by molar-refractivity contribution is 7.86. The molecule has 6 nitrogen and oxygen atoms in total. The molecular weight excluding hydrogens is 318 g/mol. The van der Waals surface area contributed by atoms with E-state index in [1.165, 1.54) is 6.07 Å². The minimum Gasteiger partial charge on any atom is -0.442 e. The summed E-state index contributed by atoms with van der Waals surface area (Å²) < 4.78 is 34.4. The van der Waals surface area contributed by atoms with Gasteiger partial charge in [-0.1, -0.05) is 24.1 Å². The molecule has 1 fully saturated rings. The Kier molecular flexibility index (Phi) is 5.01. The smallest absolute Gasteiger partial charge is 0.432 e. The summed E-state index contributed by atoms with van der Waals surface area (Å²) in [6.07, 6.45) is 2.07. The number of ether oxygens (including phenoxy) is 1. The van der Waals surface area contributed by atoms with Crippen LogP contribution >= 0.6 is 0 Å². The number of carbonyl (C=O) groups is 1. The number of benzene rings is 1. The third-order valence-electron chi connectivity index (χ3n) is 3.61. The Balaban J connectivity index is 2.15. The number of hydroxylamine groups is 1. The van der Waals surface area contributed by atoms with Crippen molar-refractivity contribution in [2.24, 2.45) is 0 Å². The van der Waals surface area contributed by atoms with Crippen molar-refractivity contribution in [2.75, 3.05) is 0 Å². The lowest BCUT2D eigenvalue weighted by Crippen LogP contribution is -2.34. The predicted molar refractivity (Wildman–Crippen MR) is 85.4 cm³/mol. The van der Waals surface area contributed by atoms with Gasteiger partial charge >= 0.3 is 16.2 Å². The molecule has 1 aromatic carbocycles. The standard InChI is InChI=1S/C16H23NO5S/c1-11-8-9-14(13(10-11)12-6-5-7-12)23(19,20)22-17-15(18)21-16(2,3)4/h8-10,12H,5-7H2,1-4H3,(H,17,18). The maximum atomic E-state index is 12.4. The zero-order valence-electron chi connectivity index (χ0n) is 13.9. The van der Waals surface area contributed by atoms with Gasteiger partial charge in [0, 0.05) is 0 Å². The number of nitrogens with one attached hydrogen (secondary N) is 1. The van der Waals surface area contributed by atoms with Crippen LogP contribution in [0, 0.1) is 6.92 Å². The van der Waals surface area contributed by atoms with Crippen LogP contribution in [0.2, 0.25) is 0 Å². The molecule has 0 atom stereocenters. The number of hydrogen-bond donors (Lipinski definition) is 1. The third kappa shape index (κ3) is 4.68. The highest BCUT2D eigenvalue weighted by Gasteiger charge is 2.29. The molecule has 0 heterocycles. The SMILES string of the molecule is Cc1ccc(S(=O)(=O)ONC(=O)OC(C)(C)C)c(C2CCC2)c1. The summed E-state index contributed by atoms with van der Waals surface area (Å²) in [5.41, 5.74) is 2.85. The summed E-state index contributed by atoms with van der Waals surface area (Å²) >= 11 is 0. The van der Waals surface area contributed by atoms with E-state index in [1.807, 2.05) is 18.5 Å². The Labute approximate surface area is 137 Å². The summed E-state index contributed by atoms with van der Waals surface area (Å²) in [6.45, 7) is 6.94. The zero-order chi connectivity index (χ0) is 17.3. The van der Waals surface area contributed by atoms with E-state index in [9.17, 15) is 13.2 Å². The van der Waals surface area contributed by atoms with E-state index in [0.717, 1.165) is 30.4 Å². The summed E-state index contributed by atoms with van der Waals surface area (Å²) in [7, 11) is -4.09. The van der Waals surface area contributed by atoms with Crippen molar-refractivity contribution in [3.05, 3.63) is 29.3 Å². The highest BCUT2D eigenvalue weighted by Crippen LogP contribution is 2.40. The number of hydrogen-bond acceptors (Lipinski definition) is 5. The summed E-state index contributed by atoms with van der Waals surface area (Å²) in [5, 5.41) is 0. The lowest BCUT2D eigenvalue weighted by atomic mass is 9.80. The van der Waals surface area contributed by atoms with Crippen molar-refractivity contribution < 1.29 is 22.2 Å². The van der Waals surface area contributed by atoms with Gasteiger partial charge in [-0.25, -0.2) is 4.79 Å². The molecule has 128 valence electrons. The van der Waals surface area contributed by atoms with Crippen LogP contribution in [0.5, 0.6) is 0 Å². The van der Waals surface area contributed by atoms with Gasteiger partial charge in [0.15, 0.2) is 0 Å². The van der Waals surface area contributed by atoms with Crippen molar-refractivity contribution in [1.82, 2.24) is 5.48 Å². The Morgan fingerprint density at radius 1 is 1.26 bits per heavy atom. The van der Waals surface area contributed by atoms with Gasteiger partial charge in [-0.05, 0) is 58.1 Å². The number of aryl methyl sites for hydroxylation is 1. The lowest BCUT2D eigenvalue weighted by molar-refractivity contribution is 0.0298. The topological polar surface area (TPSA) is 81.7 Å². The van der Waals surface area contributed by atoms with Crippen molar-refractivity contribution in [1.29, 1.82) is 0 Å². The molecule has 1 saturated carbocycles. The van der Waals surface area contributed by atoms with Gasteiger partial charge < -0.3 is 4.74 Å². The van der Waals surface area contributed by atoms with Crippen LogP contribution in [0.4, 0.5) is 4.79 Å². The first-order valence-corrected chi connectivity index (χ1v) is 9.02. The molecule has 0 saturated heterocycles. The molecule has 1 aliphatic rings. The third-order valence-corrected chi connectivity index (χ3v) is 4.83. The first-order valence-electron chi connectivity index (χ1n) is 7.61. The largest absolute Gasteiger partial charge is 0.442 e. The van der Waals surface area contributed by atoms with Gasteiger partial charge in [0.1, 0.15) is 5.60 Å². The van der Waals surface area contributed by atoms with E-state index < -0.39 is 21.8 Å². The fourth-order valence-corrected chi connectivity index (χ4v) is 3.38. The first-order chi connectivity index (χ1) is 10.6. The minimum absolute atomic E-state index is 0.101. The van der Waals surface area contributed by atoms with E-state index in [4.69, 9.17) is 4.74 Å². The molecule has 0 unspecified atom stereocenters. The summed E-state index contributed by atoms with van der Waals surface area (Å²) in [4.78, 5) is 11.7. The van der Waals surface area contributed by atoms with Crippen LogP contribution in [0.3, 0.4) is 0 Å². The van der Waals surface area contributed by atoms with Crippen LogP contribution in [-0.2, 0) is 19.1 Å². The Morgan fingerprint density at radius 3 is 2.43 bits per heavy atom. The normalized spacial score (nSPS) is 15.8. The molecule has 0 bridgehead atoms. The molecule has 1 aliphatic carbocycles. The molecule has 1 N–H and O–H groups in total. The molecule has 0 aliphatic heterocycles. The minimum atomic E-state index is -4.09. The van der Waals surface area contributed by atoms with Gasteiger partial charge in [-0.15, -0.1) is 4.28 Å². The second-order valence-corrected chi connectivity index (χ2v) is 8.33. The second-order valence-electron chi connectivity index (χ2n) is 6.81. The fourth-order valence-electron chi connectivity index (χ4n) is 2.37. The molecular formula is C16H23NO5S. The monoisotopic (exact) mass is 341 g/mol. The van der Waals surface area contributed by atoms with Crippen molar-refractivity contribution in [2.45, 2.75) is 63.4 Å². The molecule has 1 aromatic rings. The molecule has 0 aromatic heterocycles. The average Bonchev–Trinajstić information content (AvgIpc) is 2.32. The predicted octanol–water partition coefficient (Wildman–Crippen LogP) is 3.41. The maximum Gasteiger partial charge on any atom is 0.432 e. The van der Waals surface area contributed by atoms with Crippen LogP contribution < -0.4 is 5.48 Å². The van der Waals surface area contributed by atoms with Gasteiger partial charge in [0.2, 0.25) is 0 Å². The first kappa shape index (κ1) is 17.7. The van der Waals surface area contributed by atoms with Crippen LogP contribution in [0.15, 0.2) is 23.1 Å². The van der Waals surface area contributed by atoms with Crippen molar-refractivity contribution >= 4 is 16.2 Å². The van der Waals surface area contributed by atoms with E-state index >= 15 is 0 Å². The highest BCUT2D eigenvalue weighted by atomic mass is 32.2. The number of rotatable bonds is 4. The molecule has 2 rings (SSSR count). The zero-order valence-corrected chi connectivity index (χ0v) is 14.7. The van der Waals surface area contributed by atoms with Gasteiger partial charge in [0.25, 0.3) is 0 Å². The maximum absolute atomic E-state index is 12.4. The summed E-state index contributed by atoms with van der Waals surface area (Å²) in [6, 6.07) is 5.11. The van der Waals surface area contributed by atoms with Gasteiger partial charge in [-0.3, -0.25) is 0 Å². The molecule has 1 amide bonds. The number of carbonyl (C=O) groups excluding carboxylic acids is 1. The average molecular weight is 341 g/mol. The Bertz CT molecular complexity index is 687. The Hall–Kier alpha value is -1.60. The van der Waals surface area contributed by atoms with E-state index in [2.05, 4.69) is 4.28 Å². The molecule has 7 heteroatoms. The van der Waals surface area contributed by atoms with Crippen LogP contribution in [0.25, 0.3) is 0 Å². The lowest BCUT2D eigenvalue weighted by Gasteiger charge is -2.28. The molecule has 0 spiro atoms. The van der Waals surface area contributed by atoms with Gasteiger partial charge in [-0.2, -0.15) is 13.9 Å². The van der Waals surface area contributed by atoms with E-state index in [-0.39, 0.29) is 10.8 Å². The fraction of sp³-hybridized carbons (Fsp3) is 0.562. The van der Waals surface area contributed by atoms with E-state index in [0.29, 0.717) is 0 Å². The van der Waals surface area contributed by atoms with Crippen LogP contribution in [-0.4, -0.2) is 20.1 Å². The molecule has 23 heavy (non-hydrogen) atoms. The Morgan fingerprint density at radius 2 is 1.91 bits per heavy atom. The van der Waals surface area contributed by atoms with Gasteiger partial charge in [0.05, 0.1) is 4.90 Å². The van der Waals surface area contributed by atoms with Crippen LogP contribution in [0.1, 0.15) is 57.1 Å². The second kappa shape index (κ2) is 6.49. The van der Waals surface area contributed by atoms with E-state index in [1.54, 1.807) is 26.8 Å². The molecule has 0 radical (unpaired) electrons. The van der Waals surface area contributed by atoms with Crippen molar-refractivity contribution in [3.8, 4) is 0 Å².